The number of carbonyl (C=O) groups is 2. The van der Waals surface area contributed by atoms with Crippen LogP contribution in [-0.4, -0.2) is 36.9 Å². The standard InChI is InChI=1S/C20H24N2O3/c1-3-13-22(20(24)14-16-9-5-4-6-10-16)15-19(23)21-17-11-7-8-12-18(17)25-2/h4-12H,3,13-15H2,1-2H3,(H,21,23). The molecule has 0 saturated carbocycles. The molecule has 1 N–H and O–H groups in total. The average molecular weight is 340 g/mol. The summed E-state index contributed by atoms with van der Waals surface area (Å²) < 4.78 is 5.23. The fourth-order valence-electron chi connectivity index (χ4n) is 2.56. The van der Waals surface area contributed by atoms with Crippen LogP contribution in [0.2, 0.25) is 0 Å². The minimum Gasteiger partial charge on any atom is -0.495 e. The lowest BCUT2D eigenvalue weighted by Crippen LogP contribution is -2.39. The maximum atomic E-state index is 12.5. The van der Waals surface area contributed by atoms with Crippen molar-refractivity contribution in [1.29, 1.82) is 0 Å². The molecule has 0 aliphatic carbocycles. The van der Waals surface area contributed by atoms with Crippen molar-refractivity contribution in [2.45, 2.75) is 19.8 Å². The Morgan fingerprint density at radius 2 is 1.72 bits per heavy atom. The van der Waals surface area contributed by atoms with Crippen LogP contribution >= 0.6 is 0 Å². The Bertz CT molecular complexity index is 701. The number of hydrogen-bond acceptors (Lipinski definition) is 3. The van der Waals surface area contributed by atoms with E-state index in [-0.39, 0.29) is 18.4 Å². The van der Waals surface area contributed by atoms with Crippen molar-refractivity contribution in [3.63, 3.8) is 0 Å². The molecule has 2 rings (SSSR count). The SMILES string of the molecule is CCCN(CC(=O)Nc1ccccc1OC)C(=O)Cc1ccccc1. The second-order valence-electron chi connectivity index (χ2n) is 5.73. The van der Waals surface area contributed by atoms with Crippen molar-refractivity contribution in [3.8, 4) is 5.75 Å². The van der Waals surface area contributed by atoms with Gasteiger partial charge in [0.2, 0.25) is 11.8 Å². The average Bonchev–Trinajstić information content (AvgIpc) is 2.62. The number of ether oxygens (including phenoxy) is 1. The van der Waals surface area contributed by atoms with Gasteiger partial charge in [0.1, 0.15) is 5.75 Å². The molecule has 2 aromatic carbocycles. The van der Waals surface area contributed by atoms with Crippen molar-refractivity contribution in [2.75, 3.05) is 25.5 Å². The Balaban J connectivity index is 2.00. The highest BCUT2D eigenvalue weighted by Crippen LogP contribution is 2.22. The predicted molar refractivity (Wildman–Crippen MR) is 98.6 cm³/mol. The third-order valence-electron chi connectivity index (χ3n) is 3.76. The van der Waals surface area contributed by atoms with Crippen LogP contribution in [0, 0.1) is 0 Å². The van der Waals surface area contributed by atoms with Crippen molar-refractivity contribution < 1.29 is 14.3 Å². The molecule has 5 nitrogen and oxygen atoms in total. The zero-order valence-corrected chi connectivity index (χ0v) is 14.7. The molecule has 2 amide bonds. The summed E-state index contributed by atoms with van der Waals surface area (Å²) in [5, 5.41) is 2.81. The van der Waals surface area contributed by atoms with E-state index in [0.717, 1.165) is 12.0 Å². The molecule has 0 spiro atoms. The van der Waals surface area contributed by atoms with Gasteiger partial charge in [-0.1, -0.05) is 49.4 Å². The molecule has 25 heavy (non-hydrogen) atoms. The Hall–Kier alpha value is -2.82. The van der Waals surface area contributed by atoms with Gasteiger partial charge in [0.25, 0.3) is 0 Å². The molecule has 0 radical (unpaired) electrons. The molecular weight excluding hydrogens is 316 g/mol. The van der Waals surface area contributed by atoms with Crippen LogP contribution in [0.5, 0.6) is 5.75 Å². The van der Waals surface area contributed by atoms with Gasteiger partial charge in [-0.05, 0) is 24.1 Å². The van der Waals surface area contributed by atoms with Crippen LogP contribution in [0.1, 0.15) is 18.9 Å². The Kier molecular flexibility index (Phi) is 7.01. The summed E-state index contributed by atoms with van der Waals surface area (Å²) in [4.78, 5) is 26.5. The maximum absolute atomic E-state index is 12.5. The van der Waals surface area contributed by atoms with E-state index in [0.29, 0.717) is 24.4 Å². The van der Waals surface area contributed by atoms with Crippen molar-refractivity contribution in [2.24, 2.45) is 0 Å². The fourth-order valence-corrected chi connectivity index (χ4v) is 2.56. The van der Waals surface area contributed by atoms with Crippen molar-refractivity contribution >= 4 is 17.5 Å². The first-order valence-corrected chi connectivity index (χ1v) is 8.38. The summed E-state index contributed by atoms with van der Waals surface area (Å²) in [6, 6.07) is 16.8. The van der Waals surface area contributed by atoms with Crippen LogP contribution in [0.25, 0.3) is 0 Å². The molecule has 0 bridgehead atoms. The van der Waals surface area contributed by atoms with Crippen LogP contribution in [0.4, 0.5) is 5.69 Å². The van der Waals surface area contributed by atoms with Crippen LogP contribution in [-0.2, 0) is 16.0 Å². The minimum absolute atomic E-state index is 0.0254. The van der Waals surface area contributed by atoms with Gasteiger partial charge in [-0.2, -0.15) is 0 Å². The van der Waals surface area contributed by atoms with Gasteiger partial charge in [-0.25, -0.2) is 0 Å². The number of para-hydroxylation sites is 2. The molecule has 132 valence electrons. The number of nitrogens with zero attached hydrogens (tertiary/aromatic N) is 1. The Morgan fingerprint density at radius 1 is 1.04 bits per heavy atom. The van der Waals surface area contributed by atoms with E-state index in [4.69, 9.17) is 4.74 Å². The molecule has 0 heterocycles. The number of carbonyl (C=O) groups excluding carboxylic acids is 2. The summed E-state index contributed by atoms with van der Waals surface area (Å²) in [5.41, 5.74) is 1.54. The number of nitrogens with one attached hydrogen (secondary N) is 1. The molecule has 0 aliphatic rings. The highest BCUT2D eigenvalue weighted by Gasteiger charge is 2.17. The predicted octanol–water partition coefficient (Wildman–Crippen LogP) is 3.12. The van der Waals surface area contributed by atoms with Gasteiger partial charge in [0, 0.05) is 6.54 Å². The summed E-state index contributed by atoms with van der Waals surface area (Å²) in [5.74, 6) is 0.302. The molecular formula is C20H24N2O3. The number of hydrogen-bond donors (Lipinski definition) is 1. The third-order valence-corrected chi connectivity index (χ3v) is 3.76. The number of methoxy groups -OCH3 is 1. The molecule has 0 atom stereocenters. The summed E-state index contributed by atoms with van der Waals surface area (Å²) >= 11 is 0. The summed E-state index contributed by atoms with van der Waals surface area (Å²) in [6.07, 6.45) is 1.09. The lowest BCUT2D eigenvalue weighted by Gasteiger charge is -2.22. The molecule has 2 aromatic rings. The highest BCUT2D eigenvalue weighted by atomic mass is 16.5. The van der Waals surface area contributed by atoms with E-state index < -0.39 is 0 Å². The van der Waals surface area contributed by atoms with Crippen LogP contribution < -0.4 is 10.1 Å². The quantitative estimate of drug-likeness (QED) is 0.803. The summed E-state index contributed by atoms with van der Waals surface area (Å²) in [6.45, 7) is 2.56. The van der Waals surface area contributed by atoms with Gasteiger partial charge in [-0.3, -0.25) is 9.59 Å². The van der Waals surface area contributed by atoms with E-state index in [1.807, 2.05) is 49.4 Å². The monoisotopic (exact) mass is 340 g/mol. The Labute approximate surface area is 148 Å². The highest BCUT2D eigenvalue weighted by molar-refractivity contribution is 5.95. The zero-order valence-electron chi connectivity index (χ0n) is 14.7. The van der Waals surface area contributed by atoms with Crippen molar-refractivity contribution in [1.82, 2.24) is 4.90 Å². The molecule has 0 fully saturated rings. The molecule has 0 aromatic heterocycles. The van der Waals surface area contributed by atoms with Gasteiger partial charge in [0.15, 0.2) is 0 Å². The van der Waals surface area contributed by atoms with E-state index in [1.54, 1.807) is 24.1 Å². The van der Waals surface area contributed by atoms with E-state index in [1.165, 1.54) is 0 Å². The number of amides is 2. The van der Waals surface area contributed by atoms with Gasteiger partial charge >= 0.3 is 0 Å². The fraction of sp³-hybridized carbons (Fsp3) is 0.300. The molecule has 0 unspecified atom stereocenters. The van der Waals surface area contributed by atoms with Crippen LogP contribution in [0.3, 0.4) is 0 Å². The molecule has 0 saturated heterocycles. The Morgan fingerprint density at radius 3 is 2.40 bits per heavy atom. The first-order chi connectivity index (χ1) is 12.1. The smallest absolute Gasteiger partial charge is 0.244 e. The van der Waals surface area contributed by atoms with E-state index >= 15 is 0 Å². The lowest BCUT2D eigenvalue weighted by molar-refractivity contribution is -0.134. The normalized spacial score (nSPS) is 10.2. The first-order valence-electron chi connectivity index (χ1n) is 8.38. The van der Waals surface area contributed by atoms with Gasteiger partial charge in [0.05, 0.1) is 25.8 Å². The second-order valence-corrected chi connectivity index (χ2v) is 5.73. The molecule has 0 aliphatic heterocycles. The van der Waals surface area contributed by atoms with Gasteiger partial charge < -0.3 is 15.0 Å². The maximum Gasteiger partial charge on any atom is 0.244 e. The third kappa shape index (κ3) is 5.64. The van der Waals surface area contributed by atoms with Crippen LogP contribution in [0.15, 0.2) is 54.6 Å². The lowest BCUT2D eigenvalue weighted by atomic mass is 10.1. The minimum atomic E-state index is -0.237. The van der Waals surface area contributed by atoms with Crippen molar-refractivity contribution in [3.05, 3.63) is 60.2 Å². The van der Waals surface area contributed by atoms with Gasteiger partial charge in [-0.15, -0.1) is 0 Å². The number of rotatable bonds is 8. The first kappa shape index (κ1) is 18.5. The summed E-state index contributed by atoms with van der Waals surface area (Å²) in [7, 11) is 1.55. The van der Waals surface area contributed by atoms with E-state index in [2.05, 4.69) is 5.32 Å². The number of benzene rings is 2. The van der Waals surface area contributed by atoms with E-state index in [9.17, 15) is 9.59 Å². The zero-order chi connectivity index (χ0) is 18.1. The number of anilines is 1. The topological polar surface area (TPSA) is 58.6 Å². The largest absolute Gasteiger partial charge is 0.495 e. The molecule has 5 heteroatoms. The second kappa shape index (κ2) is 9.47.